The molecule has 2 aromatic carbocycles. The van der Waals surface area contributed by atoms with Crippen LogP contribution in [0.2, 0.25) is 0 Å². The fourth-order valence-electron chi connectivity index (χ4n) is 2.41. The third-order valence-corrected chi connectivity index (χ3v) is 4.67. The van der Waals surface area contributed by atoms with E-state index in [-0.39, 0.29) is 5.91 Å². The summed E-state index contributed by atoms with van der Waals surface area (Å²) in [6, 6.07) is 17.6. The summed E-state index contributed by atoms with van der Waals surface area (Å²) in [6.45, 7) is 2.24. The fourth-order valence-corrected chi connectivity index (χ4v) is 3.34. The summed E-state index contributed by atoms with van der Waals surface area (Å²) in [6.07, 6.45) is 1.87. The van der Waals surface area contributed by atoms with Gasteiger partial charge in [-0.1, -0.05) is 30.3 Å². The number of hydrogen-bond donors (Lipinski definition) is 0. The zero-order chi connectivity index (χ0) is 18.5. The van der Waals surface area contributed by atoms with Crippen molar-refractivity contribution in [1.29, 1.82) is 0 Å². The topological polar surface area (TPSA) is 45.1 Å². The smallest absolute Gasteiger partial charge is 0.291 e. The Labute approximate surface area is 157 Å². The number of carbonyl (C=O) groups excluding carboxylic acids is 1. The molecule has 6 heteroatoms. The lowest BCUT2D eigenvalue weighted by atomic mass is 10.2. The molecule has 0 N–H and O–H groups in total. The molecule has 5 nitrogen and oxygen atoms in total. The zero-order valence-electron chi connectivity index (χ0n) is 15.0. The number of benzene rings is 2. The highest BCUT2D eigenvalue weighted by atomic mass is 32.2. The monoisotopic (exact) mass is 367 g/mol. The van der Waals surface area contributed by atoms with E-state index in [4.69, 9.17) is 4.84 Å². The Hall–Kier alpha value is -2.57. The molecule has 1 heterocycles. The molecule has 1 amide bonds. The number of thioether (sulfide) groups is 1. The normalized spacial score (nSPS) is 17.3. The minimum Gasteiger partial charge on any atom is -0.378 e. The third kappa shape index (κ3) is 4.15. The number of para-hydroxylation sites is 1. The maximum atomic E-state index is 12.7. The Balaban J connectivity index is 1.89. The summed E-state index contributed by atoms with van der Waals surface area (Å²) in [4.78, 5) is 25.4. The van der Waals surface area contributed by atoms with Crippen LogP contribution in [0.1, 0.15) is 12.5 Å². The maximum Gasteiger partial charge on any atom is 0.291 e. The number of amides is 1. The van der Waals surface area contributed by atoms with Gasteiger partial charge >= 0.3 is 0 Å². The third-order valence-electron chi connectivity index (χ3n) is 3.72. The summed E-state index contributed by atoms with van der Waals surface area (Å²) in [5, 5.41) is 1.80. The van der Waals surface area contributed by atoms with E-state index < -0.39 is 0 Å². The highest BCUT2D eigenvalue weighted by Gasteiger charge is 2.34. The molecule has 1 aliphatic heterocycles. The quantitative estimate of drug-likeness (QED) is 0.739. The number of hydrogen-bond acceptors (Lipinski definition) is 5. The summed E-state index contributed by atoms with van der Waals surface area (Å²) >= 11 is 1.32. The van der Waals surface area contributed by atoms with E-state index in [1.807, 2.05) is 86.6 Å². The Morgan fingerprint density at radius 3 is 2.42 bits per heavy atom. The maximum absolute atomic E-state index is 12.7. The molecule has 134 valence electrons. The van der Waals surface area contributed by atoms with Crippen molar-refractivity contribution >= 4 is 40.3 Å². The SMILES string of the molecule is CCON1C(=O)C(=Cc2ccc(N(C)C)cc2)SC1=Nc1ccccc1. The Morgan fingerprint density at radius 2 is 1.81 bits per heavy atom. The van der Waals surface area contributed by atoms with Gasteiger partial charge in [-0.15, -0.1) is 0 Å². The molecule has 1 aliphatic rings. The van der Waals surface area contributed by atoms with Crippen LogP contribution in [-0.4, -0.2) is 36.8 Å². The Kier molecular flexibility index (Phi) is 5.75. The van der Waals surface area contributed by atoms with E-state index >= 15 is 0 Å². The van der Waals surface area contributed by atoms with E-state index in [1.165, 1.54) is 16.8 Å². The van der Waals surface area contributed by atoms with Crippen molar-refractivity contribution < 1.29 is 9.63 Å². The summed E-state index contributed by atoms with van der Waals surface area (Å²) in [5.41, 5.74) is 2.85. The predicted octanol–water partition coefficient (Wildman–Crippen LogP) is 4.31. The lowest BCUT2D eigenvalue weighted by Gasteiger charge is -2.13. The number of anilines is 1. The van der Waals surface area contributed by atoms with Crippen LogP contribution in [0.25, 0.3) is 6.08 Å². The van der Waals surface area contributed by atoms with Crippen LogP contribution in [0.4, 0.5) is 11.4 Å². The van der Waals surface area contributed by atoms with Gasteiger partial charge in [0.05, 0.1) is 17.2 Å². The summed E-state index contributed by atoms with van der Waals surface area (Å²) < 4.78 is 0. The number of nitrogens with zero attached hydrogens (tertiary/aromatic N) is 3. The number of hydroxylamine groups is 2. The molecule has 0 unspecified atom stereocenters. The number of rotatable bonds is 5. The molecule has 0 spiro atoms. The molecule has 0 bridgehead atoms. The van der Waals surface area contributed by atoms with Crippen LogP contribution in [0, 0.1) is 0 Å². The van der Waals surface area contributed by atoms with E-state index in [2.05, 4.69) is 4.99 Å². The molecular weight excluding hydrogens is 346 g/mol. The average molecular weight is 367 g/mol. The summed E-state index contributed by atoms with van der Waals surface area (Å²) in [7, 11) is 3.99. The van der Waals surface area contributed by atoms with Crippen LogP contribution >= 0.6 is 11.8 Å². The van der Waals surface area contributed by atoms with Crippen molar-refractivity contribution in [2.75, 3.05) is 25.6 Å². The molecule has 0 atom stereocenters. The van der Waals surface area contributed by atoms with E-state index in [9.17, 15) is 4.79 Å². The summed E-state index contributed by atoms with van der Waals surface area (Å²) in [5.74, 6) is -0.191. The van der Waals surface area contributed by atoms with Gasteiger partial charge in [0.2, 0.25) is 5.17 Å². The van der Waals surface area contributed by atoms with Gasteiger partial charge in [-0.3, -0.25) is 9.63 Å². The molecule has 2 aromatic rings. The largest absolute Gasteiger partial charge is 0.378 e. The molecule has 0 aromatic heterocycles. The van der Waals surface area contributed by atoms with Crippen LogP contribution in [-0.2, 0) is 9.63 Å². The number of aliphatic imine (C=N–C) groups is 1. The second-order valence-corrected chi connectivity index (χ2v) is 6.85. The first-order chi connectivity index (χ1) is 12.6. The van der Waals surface area contributed by atoms with Crippen LogP contribution in [0.15, 0.2) is 64.5 Å². The van der Waals surface area contributed by atoms with E-state index in [1.54, 1.807) is 0 Å². The molecule has 3 rings (SSSR count). The highest BCUT2D eigenvalue weighted by Crippen LogP contribution is 2.34. The molecule has 0 saturated carbocycles. The molecule has 1 fully saturated rings. The molecule has 0 aliphatic carbocycles. The average Bonchev–Trinajstić information content (AvgIpc) is 2.92. The van der Waals surface area contributed by atoms with E-state index in [0.717, 1.165) is 16.9 Å². The zero-order valence-corrected chi connectivity index (χ0v) is 15.9. The van der Waals surface area contributed by atoms with Gasteiger partial charge in [0.1, 0.15) is 0 Å². The van der Waals surface area contributed by atoms with Gasteiger partial charge in [0.25, 0.3) is 5.91 Å². The van der Waals surface area contributed by atoms with Crippen molar-refractivity contribution in [3.05, 3.63) is 65.1 Å². The van der Waals surface area contributed by atoms with Crippen molar-refractivity contribution in [2.24, 2.45) is 4.99 Å². The van der Waals surface area contributed by atoms with Gasteiger partial charge in [0, 0.05) is 19.8 Å². The fraction of sp³-hybridized carbons (Fsp3) is 0.200. The first-order valence-corrected chi connectivity index (χ1v) is 9.18. The molecule has 1 saturated heterocycles. The van der Waals surface area contributed by atoms with Crippen molar-refractivity contribution in [1.82, 2.24) is 5.06 Å². The van der Waals surface area contributed by atoms with Crippen molar-refractivity contribution in [2.45, 2.75) is 6.92 Å². The first-order valence-electron chi connectivity index (χ1n) is 8.36. The van der Waals surface area contributed by atoms with E-state index in [0.29, 0.717) is 16.7 Å². The molecule has 0 radical (unpaired) electrons. The second-order valence-electron chi connectivity index (χ2n) is 5.84. The van der Waals surface area contributed by atoms with Gasteiger partial charge in [-0.05, 0) is 54.6 Å². The van der Waals surface area contributed by atoms with Crippen LogP contribution in [0.3, 0.4) is 0 Å². The van der Waals surface area contributed by atoms with Crippen LogP contribution < -0.4 is 4.90 Å². The second kappa shape index (κ2) is 8.21. The lowest BCUT2D eigenvalue weighted by Crippen LogP contribution is -2.29. The molecule has 26 heavy (non-hydrogen) atoms. The first kappa shape index (κ1) is 18.2. The Morgan fingerprint density at radius 1 is 1.12 bits per heavy atom. The van der Waals surface area contributed by atoms with Crippen molar-refractivity contribution in [3.63, 3.8) is 0 Å². The van der Waals surface area contributed by atoms with Crippen molar-refractivity contribution in [3.8, 4) is 0 Å². The van der Waals surface area contributed by atoms with Crippen LogP contribution in [0.5, 0.6) is 0 Å². The van der Waals surface area contributed by atoms with Gasteiger partial charge in [-0.2, -0.15) is 5.06 Å². The number of amidine groups is 1. The highest BCUT2D eigenvalue weighted by molar-refractivity contribution is 8.18. The van der Waals surface area contributed by atoms with Gasteiger partial charge in [0.15, 0.2) is 0 Å². The Bertz CT molecular complexity index is 830. The lowest BCUT2D eigenvalue weighted by molar-refractivity contribution is -0.154. The van der Waals surface area contributed by atoms with Gasteiger partial charge in [-0.25, -0.2) is 4.99 Å². The standard InChI is InChI=1S/C20H21N3O2S/c1-4-25-23-19(24)18(14-15-10-12-17(13-11-15)22(2)3)26-20(23)21-16-8-6-5-7-9-16/h5-14H,4H2,1-3H3. The minimum atomic E-state index is -0.191. The molecular formula is C20H21N3O2S. The van der Waals surface area contributed by atoms with Gasteiger partial charge < -0.3 is 4.90 Å². The minimum absolute atomic E-state index is 0.191. The number of carbonyl (C=O) groups is 1. The predicted molar refractivity (Wildman–Crippen MR) is 108 cm³/mol.